The van der Waals surface area contributed by atoms with Crippen LogP contribution in [0.25, 0.3) is 11.5 Å². The Labute approximate surface area is 126 Å². The van der Waals surface area contributed by atoms with Gasteiger partial charge in [0.2, 0.25) is 5.89 Å². The van der Waals surface area contributed by atoms with Crippen LogP contribution in [0.15, 0.2) is 22.6 Å². The number of hydrogen-bond donors (Lipinski definition) is 1. The third-order valence-corrected chi connectivity index (χ3v) is 3.13. The minimum atomic E-state index is -0.520. The van der Waals surface area contributed by atoms with Gasteiger partial charge in [-0.15, -0.1) is 10.2 Å². The monoisotopic (exact) mass is 310 g/mol. The molecular weight excluding hydrogens is 296 g/mol. The van der Waals surface area contributed by atoms with Gasteiger partial charge in [-0.25, -0.2) is 0 Å². The molecule has 0 aliphatic carbocycles. The summed E-state index contributed by atoms with van der Waals surface area (Å²) < 4.78 is 5.47. The first kappa shape index (κ1) is 15.4. The summed E-state index contributed by atoms with van der Waals surface area (Å²) in [6.45, 7) is 3.70. The molecule has 1 aromatic heterocycles. The van der Waals surface area contributed by atoms with Crippen molar-refractivity contribution in [3.8, 4) is 11.5 Å². The number of halogens is 1. The van der Waals surface area contributed by atoms with Crippen LogP contribution in [0, 0.1) is 10.1 Å². The fourth-order valence-electron chi connectivity index (χ4n) is 1.83. The SMILES string of the molecule is CCCNCCc1nnc(-c2c(Cl)cccc2[N+](=O)[O-])o1. The Bertz CT molecular complexity index is 630. The second-order valence-corrected chi connectivity index (χ2v) is 4.80. The van der Waals surface area contributed by atoms with Gasteiger partial charge in [-0.05, 0) is 19.0 Å². The number of aromatic nitrogens is 2. The summed E-state index contributed by atoms with van der Waals surface area (Å²) in [5, 5.41) is 22.2. The molecule has 0 bridgehead atoms. The number of benzene rings is 1. The maximum atomic E-state index is 11.0. The molecule has 21 heavy (non-hydrogen) atoms. The van der Waals surface area contributed by atoms with Crippen molar-refractivity contribution in [2.45, 2.75) is 19.8 Å². The minimum absolute atomic E-state index is 0.0674. The smallest absolute Gasteiger partial charge is 0.283 e. The van der Waals surface area contributed by atoms with E-state index in [0.29, 0.717) is 18.9 Å². The Morgan fingerprint density at radius 1 is 1.38 bits per heavy atom. The lowest BCUT2D eigenvalue weighted by Gasteiger charge is -2.00. The molecule has 1 N–H and O–H groups in total. The predicted molar refractivity (Wildman–Crippen MR) is 78.3 cm³/mol. The quantitative estimate of drug-likeness (QED) is 0.480. The van der Waals surface area contributed by atoms with Gasteiger partial charge in [0.15, 0.2) is 0 Å². The molecular formula is C13H15ClN4O3. The molecule has 0 atom stereocenters. The van der Waals surface area contributed by atoms with Gasteiger partial charge >= 0.3 is 0 Å². The maximum Gasteiger partial charge on any atom is 0.283 e. The molecule has 8 heteroatoms. The molecule has 2 aromatic rings. The molecule has 112 valence electrons. The number of hydrogen-bond acceptors (Lipinski definition) is 6. The lowest BCUT2D eigenvalue weighted by atomic mass is 10.2. The van der Waals surface area contributed by atoms with Crippen LogP contribution in [-0.4, -0.2) is 28.2 Å². The number of rotatable bonds is 7. The van der Waals surface area contributed by atoms with Crippen molar-refractivity contribution < 1.29 is 9.34 Å². The van der Waals surface area contributed by atoms with Gasteiger partial charge in [0.05, 0.1) is 9.95 Å². The molecule has 0 aliphatic heterocycles. The first-order valence-corrected chi connectivity index (χ1v) is 6.97. The fourth-order valence-corrected chi connectivity index (χ4v) is 2.08. The van der Waals surface area contributed by atoms with Crippen molar-refractivity contribution in [2.75, 3.05) is 13.1 Å². The normalized spacial score (nSPS) is 10.8. The Morgan fingerprint density at radius 2 is 2.19 bits per heavy atom. The fraction of sp³-hybridized carbons (Fsp3) is 0.385. The Morgan fingerprint density at radius 3 is 2.90 bits per heavy atom. The molecule has 1 aromatic carbocycles. The van der Waals surface area contributed by atoms with Crippen LogP contribution in [-0.2, 0) is 6.42 Å². The van der Waals surface area contributed by atoms with Crippen molar-refractivity contribution >= 4 is 17.3 Å². The standard InChI is InChI=1S/C13H15ClN4O3/c1-2-7-15-8-6-11-16-17-13(21-11)12-9(14)4-3-5-10(12)18(19)20/h3-5,15H,2,6-8H2,1H3. The molecule has 1 heterocycles. The zero-order valence-corrected chi connectivity index (χ0v) is 12.3. The maximum absolute atomic E-state index is 11.0. The lowest BCUT2D eigenvalue weighted by molar-refractivity contribution is -0.384. The second kappa shape index (κ2) is 7.14. The van der Waals surface area contributed by atoms with E-state index in [1.807, 2.05) is 0 Å². The highest BCUT2D eigenvalue weighted by Gasteiger charge is 2.23. The van der Waals surface area contributed by atoms with E-state index in [-0.39, 0.29) is 22.2 Å². The highest BCUT2D eigenvalue weighted by molar-refractivity contribution is 6.33. The van der Waals surface area contributed by atoms with E-state index in [9.17, 15) is 10.1 Å². The van der Waals surface area contributed by atoms with E-state index >= 15 is 0 Å². The first-order chi connectivity index (χ1) is 10.1. The van der Waals surface area contributed by atoms with Gasteiger partial charge in [-0.3, -0.25) is 10.1 Å². The second-order valence-electron chi connectivity index (χ2n) is 4.39. The predicted octanol–water partition coefficient (Wildman–Crippen LogP) is 2.84. The number of nitrogens with one attached hydrogen (secondary N) is 1. The third-order valence-electron chi connectivity index (χ3n) is 2.81. The summed E-state index contributed by atoms with van der Waals surface area (Å²) in [5.74, 6) is 0.487. The first-order valence-electron chi connectivity index (χ1n) is 6.59. The summed E-state index contributed by atoms with van der Waals surface area (Å²) in [5.41, 5.74) is 0.00578. The molecule has 0 saturated heterocycles. The molecule has 0 amide bonds. The summed E-state index contributed by atoms with van der Waals surface area (Å²) in [6, 6.07) is 4.42. The van der Waals surface area contributed by atoms with Crippen LogP contribution < -0.4 is 5.32 Å². The van der Waals surface area contributed by atoms with Crippen LogP contribution in [0.2, 0.25) is 5.02 Å². The zero-order chi connectivity index (χ0) is 15.2. The molecule has 0 spiro atoms. The van der Waals surface area contributed by atoms with Crippen LogP contribution in [0.5, 0.6) is 0 Å². The van der Waals surface area contributed by atoms with Crippen molar-refractivity contribution in [2.24, 2.45) is 0 Å². The van der Waals surface area contributed by atoms with E-state index in [2.05, 4.69) is 22.4 Å². The minimum Gasteiger partial charge on any atom is -0.420 e. The number of nitro benzene ring substituents is 1. The Balaban J connectivity index is 2.20. The van der Waals surface area contributed by atoms with Crippen LogP contribution in [0.4, 0.5) is 5.69 Å². The Hall–Kier alpha value is -1.99. The topological polar surface area (TPSA) is 94.1 Å². The summed E-state index contributed by atoms with van der Waals surface area (Å²) in [4.78, 5) is 10.5. The van der Waals surface area contributed by atoms with Crippen molar-refractivity contribution in [3.63, 3.8) is 0 Å². The lowest BCUT2D eigenvalue weighted by Crippen LogP contribution is -2.17. The number of nitrogens with zero attached hydrogens (tertiary/aromatic N) is 3. The summed E-state index contributed by atoms with van der Waals surface area (Å²) >= 11 is 6.02. The van der Waals surface area contributed by atoms with Gasteiger partial charge in [0.25, 0.3) is 11.6 Å². The molecule has 0 unspecified atom stereocenters. The van der Waals surface area contributed by atoms with Crippen molar-refractivity contribution in [1.29, 1.82) is 0 Å². The van der Waals surface area contributed by atoms with Crippen LogP contribution in [0.1, 0.15) is 19.2 Å². The van der Waals surface area contributed by atoms with Crippen LogP contribution >= 0.6 is 11.6 Å². The van der Waals surface area contributed by atoms with Gasteiger partial charge in [-0.2, -0.15) is 0 Å². The molecule has 0 saturated carbocycles. The average molecular weight is 311 g/mol. The largest absolute Gasteiger partial charge is 0.420 e. The summed E-state index contributed by atoms with van der Waals surface area (Å²) in [7, 11) is 0. The molecule has 7 nitrogen and oxygen atoms in total. The molecule has 0 fully saturated rings. The van der Waals surface area contributed by atoms with E-state index in [1.165, 1.54) is 12.1 Å². The average Bonchev–Trinajstić information content (AvgIpc) is 2.91. The van der Waals surface area contributed by atoms with Gasteiger partial charge in [0, 0.05) is 19.0 Å². The molecule has 2 rings (SSSR count). The van der Waals surface area contributed by atoms with Gasteiger partial charge in [0.1, 0.15) is 5.56 Å². The van der Waals surface area contributed by atoms with E-state index in [1.54, 1.807) is 6.07 Å². The van der Waals surface area contributed by atoms with Crippen LogP contribution in [0.3, 0.4) is 0 Å². The van der Waals surface area contributed by atoms with Gasteiger partial charge in [-0.1, -0.05) is 24.6 Å². The third kappa shape index (κ3) is 3.77. The molecule has 0 aliphatic rings. The highest BCUT2D eigenvalue weighted by atomic mass is 35.5. The Kier molecular flexibility index (Phi) is 5.24. The van der Waals surface area contributed by atoms with Gasteiger partial charge < -0.3 is 9.73 Å². The van der Waals surface area contributed by atoms with E-state index < -0.39 is 4.92 Å². The van der Waals surface area contributed by atoms with E-state index in [0.717, 1.165) is 13.0 Å². The summed E-state index contributed by atoms with van der Waals surface area (Å²) in [6.07, 6.45) is 1.60. The highest BCUT2D eigenvalue weighted by Crippen LogP contribution is 2.35. The molecule has 0 radical (unpaired) electrons. The number of nitro groups is 1. The van der Waals surface area contributed by atoms with Crippen molar-refractivity contribution in [1.82, 2.24) is 15.5 Å². The van der Waals surface area contributed by atoms with Crippen molar-refractivity contribution in [3.05, 3.63) is 39.2 Å². The van der Waals surface area contributed by atoms with E-state index in [4.69, 9.17) is 16.0 Å². The zero-order valence-electron chi connectivity index (χ0n) is 11.5.